The summed E-state index contributed by atoms with van der Waals surface area (Å²) in [4.78, 5) is 22.2. The van der Waals surface area contributed by atoms with Crippen molar-refractivity contribution in [2.24, 2.45) is 10.7 Å². The van der Waals surface area contributed by atoms with Crippen LogP contribution in [-0.2, 0) is 5.41 Å². The highest BCUT2D eigenvalue weighted by Gasteiger charge is 2.17. The topological polar surface area (TPSA) is 96.2 Å². The maximum absolute atomic E-state index is 13.5. The van der Waals surface area contributed by atoms with Crippen LogP contribution in [0.1, 0.15) is 26.5 Å². The summed E-state index contributed by atoms with van der Waals surface area (Å²) in [5.41, 5.74) is 5.46. The number of aliphatic imine (C=N–C) groups is 1. The molecule has 0 saturated carbocycles. The Bertz CT molecular complexity index is 808. The highest BCUT2D eigenvalue weighted by atomic mass is 19.1. The van der Waals surface area contributed by atoms with Gasteiger partial charge in [-0.2, -0.15) is 4.99 Å². The second kappa shape index (κ2) is 6.15. The zero-order chi connectivity index (χ0) is 17.2. The Morgan fingerprint density at radius 3 is 2.61 bits per heavy atom. The Morgan fingerprint density at radius 1 is 1.30 bits per heavy atom. The lowest BCUT2D eigenvalue weighted by molar-refractivity contribution is 0.566. The molecule has 23 heavy (non-hydrogen) atoms. The van der Waals surface area contributed by atoms with Gasteiger partial charge < -0.3 is 11.1 Å². The van der Waals surface area contributed by atoms with Gasteiger partial charge in [-0.25, -0.2) is 13.8 Å². The van der Waals surface area contributed by atoms with Gasteiger partial charge in [0, 0.05) is 17.5 Å². The number of rotatable bonds is 2. The number of hydrogen-bond donors (Lipinski definition) is 3. The molecule has 0 fully saturated rings. The van der Waals surface area contributed by atoms with E-state index in [1.807, 2.05) is 20.8 Å². The Labute approximate surface area is 131 Å². The van der Waals surface area contributed by atoms with Crippen LogP contribution in [0.4, 0.5) is 20.4 Å². The number of nitrogens with zero attached hydrogens (tertiary/aromatic N) is 2. The van der Waals surface area contributed by atoms with Gasteiger partial charge in [-0.1, -0.05) is 20.8 Å². The van der Waals surface area contributed by atoms with Gasteiger partial charge in [0.1, 0.15) is 11.6 Å². The molecule has 0 bridgehead atoms. The van der Waals surface area contributed by atoms with E-state index in [1.54, 1.807) is 0 Å². The summed E-state index contributed by atoms with van der Waals surface area (Å²) >= 11 is 0. The lowest BCUT2D eigenvalue weighted by Crippen LogP contribution is -2.24. The van der Waals surface area contributed by atoms with Crippen LogP contribution in [0.2, 0.25) is 0 Å². The number of hydrogen-bond acceptors (Lipinski definition) is 3. The van der Waals surface area contributed by atoms with Crippen molar-refractivity contribution in [1.29, 1.82) is 0 Å². The summed E-state index contributed by atoms with van der Waals surface area (Å²) in [6, 6.07) is 4.37. The van der Waals surface area contributed by atoms with E-state index in [4.69, 9.17) is 5.73 Å². The molecule has 1 aromatic heterocycles. The van der Waals surface area contributed by atoms with Crippen LogP contribution < -0.4 is 16.6 Å². The first-order valence-corrected chi connectivity index (χ1v) is 6.83. The molecule has 0 aliphatic rings. The summed E-state index contributed by atoms with van der Waals surface area (Å²) in [6.07, 6.45) is 0. The average molecular weight is 321 g/mol. The molecule has 4 N–H and O–H groups in total. The maximum Gasteiger partial charge on any atom is 0.252 e. The van der Waals surface area contributed by atoms with Gasteiger partial charge in [0.15, 0.2) is 0 Å². The molecular weight excluding hydrogens is 304 g/mol. The van der Waals surface area contributed by atoms with Crippen molar-refractivity contribution in [3.05, 3.63) is 51.9 Å². The third-order valence-electron chi connectivity index (χ3n) is 2.92. The number of halogens is 2. The summed E-state index contributed by atoms with van der Waals surface area (Å²) in [6.45, 7) is 5.70. The van der Waals surface area contributed by atoms with Gasteiger partial charge in [-0.3, -0.25) is 9.78 Å². The number of nitrogens with two attached hydrogens (primary N) is 1. The van der Waals surface area contributed by atoms with E-state index in [1.165, 1.54) is 12.1 Å². The standard InChI is InChI=1S/C15H17F2N5O/c1-15(2,3)11-7-12(23)21-14(20-11)22-13(18)19-10-5-4-8(16)6-9(10)17/h4-7H,1-3H3,(H4,18,19,20,21,22,23). The van der Waals surface area contributed by atoms with Crippen molar-refractivity contribution < 1.29 is 8.78 Å². The number of aromatic nitrogens is 2. The molecule has 1 heterocycles. The van der Waals surface area contributed by atoms with E-state index in [9.17, 15) is 13.6 Å². The second-order valence-electron chi connectivity index (χ2n) is 5.95. The van der Waals surface area contributed by atoms with Crippen LogP contribution in [0, 0.1) is 11.6 Å². The summed E-state index contributed by atoms with van der Waals surface area (Å²) in [5, 5.41) is 2.49. The molecule has 1 aromatic carbocycles. The SMILES string of the molecule is CC(C)(C)c1cc(=O)[nH]c(/N=C(\N)Nc2ccc(F)cc2F)n1. The summed E-state index contributed by atoms with van der Waals surface area (Å²) < 4.78 is 26.4. The molecule has 0 aliphatic heterocycles. The average Bonchev–Trinajstić information content (AvgIpc) is 2.40. The van der Waals surface area contributed by atoms with Crippen molar-refractivity contribution in [2.75, 3.05) is 5.32 Å². The fourth-order valence-corrected chi connectivity index (χ4v) is 1.75. The van der Waals surface area contributed by atoms with Crippen molar-refractivity contribution in [3.63, 3.8) is 0 Å². The Balaban J connectivity index is 2.30. The minimum Gasteiger partial charge on any atom is -0.369 e. The lowest BCUT2D eigenvalue weighted by atomic mass is 9.92. The maximum atomic E-state index is 13.5. The lowest BCUT2D eigenvalue weighted by Gasteiger charge is -2.17. The van der Waals surface area contributed by atoms with Crippen molar-refractivity contribution >= 4 is 17.6 Å². The highest BCUT2D eigenvalue weighted by Crippen LogP contribution is 2.20. The number of H-pyrrole nitrogens is 1. The monoisotopic (exact) mass is 321 g/mol. The molecule has 0 saturated heterocycles. The minimum atomic E-state index is -0.812. The number of anilines is 1. The second-order valence-corrected chi connectivity index (χ2v) is 5.95. The van der Waals surface area contributed by atoms with Gasteiger partial charge in [-0.15, -0.1) is 0 Å². The molecule has 2 aromatic rings. The van der Waals surface area contributed by atoms with Crippen molar-refractivity contribution in [2.45, 2.75) is 26.2 Å². The molecule has 0 atom stereocenters. The molecule has 122 valence electrons. The Kier molecular flexibility index (Phi) is 4.44. The largest absolute Gasteiger partial charge is 0.369 e. The van der Waals surface area contributed by atoms with Crippen LogP contribution in [-0.4, -0.2) is 15.9 Å². The van der Waals surface area contributed by atoms with Gasteiger partial charge >= 0.3 is 0 Å². The van der Waals surface area contributed by atoms with Crippen molar-refractivity contribution in [3.8, 4) is 0 Å². The van der Waals surface area contributed by atoms with Crippen LogP contribution in [0.25, 0.3) is 0 Å². The van der Waals surface area contributed by atoms with E-state index < -0.39 is 11.6 Å². The van der Waals surface area contributed by atoms with Crippen LogP contribution >= 0.6 is 0 Å². The first kappa shape index (κ1) is 16.6. The molecule has 0 radical (unpaired) electrons. The first-order valence-electron chi connectivity index (χ1n) is 6.83. The fraction of sp³-hybridized carbons (Fsp3) is 0.267. The van der Waals surface area contributed by atoms with Crippen LogP contribution in [0.5, 0.6) is 0 Å². The van der Waals surface area contributed by atoms with Gasteiger partial charge in [0.2, 0.25) is 11.9 Å². The molecule has 8 heteroatoms. The molecule has 0 spiro atoms. The third-order valence-corrected chi connectivity index (χ3v) is 2.92. The fourth-order valence-electron chi connectivity index (χ4n) is 1.75. The molecule has 6 nitrogen and oxygen atoms in total. The van der Waals surface area contributed by atoms with E-state index in [-0.39, 0.29) is 28.6 Å². The number of nitrogens with one attached hydrogen (secondary N) is 2. The quantitative estimate of drug-likeness (QED) is 0.584. The number of benzene rings is 1. The van der Waals surface area contributed by atoms with E-state index in [0.29, 0.717) is 5.69 Å². The van der Waals surface area contributed by atoms with Crippen LogP contribution in [0.15, 0.2) is 34.1 Å². The van der Waals surface area contributed by atoms with Crippen LogP contribution in [0.3, 0.4) is 0 Å². The molecule has 0 aliphatic carbocycles. The molecule has 2 rings (SSSR count). The predicted octanol–water partition coefficient (Wildman–Crippen LogP) is 2.40. The third kappa shape index (κ3) is 4.35. The smallest absolute Gasteiger partial charge is 0.252 e. The van der Waals surface area contributed by atoms with E-state index in [0.717, 1.165) is 12.1 Å². The molecular formula is C15H17F2N5O. The van der Waals surface area contributed by atoms with Crippen molar-refractivity contribution in [1.82, 2.24) is 9.97 Å². The zero-order valence-corrected chi connectivity index (χ0v) is 12.9. The van der Waals surface area contributed by atoms with Gasteiger partial charge in [-0.05, 0) is 12.1 Å². The predicted molar refractivity (Wildman–Crippen MR) is 84.8 cm³/mol. The Morgan fingerprint density at radius 2 is 2.00 bits per heavy atom. The molecule has 0 amide bonds. The summed E-state index contributed by atoms with van der Waals surface area (Å²) in [5.74, 6) is -1.71. The highest BCUT2D eigenvalue weighted by molar-refractivity contribution is 5.93. The first-order chi connectivity index (χ1) is 10.6. The minimum absolute atomic E-state index is 0.00468. The summed E-state index contributed by atoms with van der Waals surface area (Å²) in [7, 11) is 0. The Hall–Kier alpha value is -2.77. The van der Waals surface area contributed by atoms with Gasteiger partial charge in [0.25, 0.3) is 5.56 Å². The van der Waals surface area contributed by atoms with E-state index >= 15 is 0 Å². The number of aromatic amines is 1. The van der Waals surface area contributed by atoms with E-state index in [2.05, 4.69) is 20.3 Å². The molecule has 0 unspecified atom stereocenters. The normalized spacial score (nSPS) is 12.3. The number of guanidine groups is 1. The van der Waals surface area contributed by atoms with Gasteiger partial charge in [0.05, 0.1) is 11.4 Å². The zero-order valence-electron chi connectivity index (χ0n) is 12.9.